The quantitative estimate of drug-likeness (QED) is 0.555. The summed E-state index contributed by atoms with van der Waals surface area (Å²) >= 11 is 5.65. The molecule has 0 saturated carbocycles. The molecule has 0 aliphatic carbocycles. The van der Waals surface area contributed by atoms with Gasteiger partial charge in [-0.1, -0.05) is 11.6 Å². The van der Waals surface area contributed by atoms with E-state index in [2.05, 4.69) is 4.98 Å². The molecule has 0 N–H and O–H groups in total. The summed E-state index contributed by atoms with van der Waals surface area (Å²) in [6.45, 7) is 0. The van der Waals surface area contributed by atoms with E-state index in [-0.39, 0.29) is 11.2 Å². The van der Waals surface area contributed by atoms with Gasteiger partial charge in [-0.25, -0.2) is 9.37 Å². The molecule has 1 aromatic carbocycles. The van der Waals surface area contributed by atoms with Crippen molar-refractivity contribution in [3.8, 4) is 0 Å². The third-order valence-corrected chi connectivity index (χ3v) is 2.10. The average Bonchev–Trinajstić information content (AvgIpc) is 2.15. The lowest BCUT2D eigenvalue weighted by molar-refractivity contribution is -0.383. The zero-order chi connectivity index (χ0) is 11.0. The first-order valence-corrected chi connectivity index (χ1v) is 4.35. The first kappa shape index (κ1) is 9.79. The Morgan fingerprint density at radius 3 is 2.80 bits per heavy atom. The van der Waals surface area contributed by atoms with Crippen molar-refractivity contribution in [2.24, 2.45) is 0 Å². The lowest BCUT2D eigenvalue weighted by atomic mass is 10.2. The summed E-state index contributed by atoms with van der Waals surface area (Å²) in [6.07, 6.45) is 1.29. The largest absolute Gasteiger partial charge is 0.298 e. The van der Waals surface area contributed by atoms with Crippen LogP contribution < -0.4 is 0 Å². The fraction of sp³-hybridized carbons (Fsp3) is 0. The zero-order valence-electron chi connectivity index (χ0n) is 7.28. The number of benzene rings is 1. The molecule has 0 spiro atoms. The molecule has 0 fully saturated rings. The summed E-state index contributed by atoms with van der Waals surface area (Å²) in [7, 11) is 0. The van der Waals surface area contributed by atoms with Crippen LogP contribution in [-0.2, 0) is 0 Å². The van der Waals surface area contributed by atoms with Gasteiger partial charge in [0, 0.05) is 11.6 Å². The summed E-state index contributed by atoms with van der Waals surface area (Å²) in [4.78, 5) is 13.7. The van der Waals surface area contributed by atoms with Crippen molar-refractivity contribution in [1.82, 2.24) is 4.98 Å². The molecule has 0 atom stereocenters. The normalized spacial score (nSPS) is 10.5. The highest BCUT2D eigenvalue weighted by Crippen LogP contribution is 2.26. The van der Waals surface area contributed by atoms with Crippen LogP contribution in [-0.4, -0.2) is 9.91 Å². The van der Waals surface area contributed by atoms with E-state index in [1.807, 2.05) is 0 Å². The first-order chi connectivity index (χ1) is 7.08. The van der Waals surface area contributed by atoms with Crippen LogP contribution >= 0.6 is 11.6 Å². The second-order valence-electron chi connectivity index (χ2n) is 2.91. The Hall–Kier alpha value is -1.75. The molecule has 2 aromatic rings. The minimum Gasteiger partial charge on any atom is -0.258 e. The van der Waals surface area contributed by atoms with Gasteiger partial charge in [0.1, 0.15) is 11.3 Å². The van der Waals surface area contributed by atoms with Gasteiger partial charge in [0.2, 0.25) is 0 Å². The summed E-state index contributed by atoms with van der Waals surface area (Å²) in [6, 6.07) is 3.42. The van der Waals surface area contributed by atoms with Crippen molar-refractivity contribution in [2.75, 3.05) is 0 Å². The maximum Gasteiger partial charge on any atom is 0.298 e. The molecule has 2 rings (SSSR count). The molecule has 0 amide bonds. The molecule has 0 aliphatic heterocycles. The fourth-order valence-electron chi connectivity index (χ4n) is 1.31. The lowest BCUT2D eigenvalue weighted by Gasteiger charge is -1.99. The van der Waals surface area contributed by atoms with E-state index >= 15 is 0 Å². The van der Waals surface area contributed by atoms with E-state index in [9.17, 15) is 14.5 Å². The Bertz CT molecular complexity index is 554. The number of non-ortho nitro benzene ring substituents is 1. The van der Waals surface area contributed by atoms with Crippen LogP contribution in [0.15, 0.2) is 24.4 Å². The molecule has 0 unspecified atom stereocenters. The predicted molar refractivity (Wildman–Crippen MR) is 53.4 cm³/mol. The third-order valence-electron chi connectivity index (χ3n) is 1.89. The Balaban J connectivity index is 2.86. The molecule has 6 heteroatoms. The molecule has 15 heavy (non-hydrogen) atoms. The smallest absolute Gasteiger partial charge is 0.258 e. The topological polar surface area (TPSA) is 56.0 Å². The summed E-state index contributed by atoms with van der Waals surface area (Å²) in [5.41, 5.74) is -0.229. The Morgan fingerprint density at radius 2 is 2.13 bits per heavy atom. The predicted octanol–water partition coefficient (Wildman–Crippen LogP) is 2.94. The average molecular weight is 227 g/mol. The SMILES string of the molecule is O=[N+]([O-])c1cc(F)cc2cc(Cl)cnc12. The van der Waals surface area contributed by atoms with Crippen LogP contribution in [0.4, 0.5) is 10.1 Å². The molecule has 0 radical (unpaired) electrons. The Kier molecular flexibility index (Phi) is 2.24. The number of pyridine rings is 1. The van der Waals surface area contributed by atoms with Gasteiger partial charge >= 0.3 is 0 Å². The van der Waals surface area contributed by atoms with Crippen LogP contribution in [0, 0.1) is 15.9 Å². The highest BCUT2D eigenvalue weighted by molar-refractivity contribution is 6.31. The van der Waals surface area contributed by atoms with Gasteiger partial charge in [0.15, 0.2) is 0 Å². The van der Waals surface area contributed by atoms with Crippen LogP contribution in [0.1, 0.15) is 0 Å². The minimum atomic E-state index is -0.682. The zero-order valence-corrected chi connectivity index (χ0v) is 8.03. The molecule has 0 bridgehead atoms. The van der Waals surface area contributed by atoms with E-state index in [1.54, 1.807) is 0 Å². The molecule has 1 aromatic heterocycles. The molecule has 1 heterocycles. The van der Waals surface area contributed by atoms with E-state index in [0.29, 0.717) is 10.4 Å². The number of hydrogen-bond acceptors (Lipinski definition) is 3. The summed E-state index contributed by atoms with van der Waals surface area (Å²) in [5.74, 6) is -0.682. The van der Waals surface area contributed by atoms with Crippen molar-refractivity contribution in [3.05, 3.63) is 45.4 Å². The van der Waals surface area contributed by atoms with Crippen LogP contribution in [0.25, 0.3) is 10.9 Å². The highest BCUT2D eigenvalue weighted by Gasteiger charge is 2.15. The van der Waals surface area contributed by atoms with Crippen molar-refractivity contribution in [1.29, 1.82) is 0 Å². The van der Waals surface area contributed by atoms with Crippen molar-refractivity contribution in [2.45, 2.75) is 0 Å². The molecule has 4 nitrogen and oxygen atoms in total. The van der Waals surface area contributed by atoms with E-state index in [1.165, 1.54) is 12.3 Å². The fourth-order valence-corrected chi connectivity index (χ4v) is 1.47. The van der Waals surface area contributed by atoms with Gasteiger partial charge in [0.25, 0.3) is 5.69 Å². The minimum absolute atomic E-state index is 0.130. The van der Waals surface area contributed by atoms with Crippen molar-refractivity contribution < 1.29 is 9.31 Å². The number of nitro groups is 1. The molecular formula is C9H4ClFN2O2. The maximum atomic E-state index is 13.0. The van der Waals surface area contributed by atoms with Gasteiger partial charge in [0.05, 0.1) is 16.0 Å². The lowest BCUT2D eigenvalue weighted by Crippen LogP contribution is -1.93. The molecular weight excluding hydrogens is 223 g/mol. The van der Waals surface area contributed by atoms with Gasteiger partial charge in [-0.3, -0.25) is 10.1 Å². The second-order valence-corrected chi connectivity index (χ2v) is 3.34. The standard InChI is InChI=1S/C9H4ClFN2O2/c10-6-1-5-2-7(11)3-8(13(14)15)9(5)12-4-6/h1-4H. The van der Waals surface area contributed by atoms with Crippen LogP contribution in [0.2, 0.25) is 5.02 Å². The molecule has 76 valence electrons. The van der Waals surface area contributed by atoms with Crippen LogP contribution in [0.5, 0.6) is 0 Å². The van der Waals surface area contributed by atoms with Crippen LogP contribution in [0.3, 0.4) is 0 Å². The Labute approximate surface area is 88.5 Å². The van der Waals surface area contributed by atoms with Crippen molar-refractivity contribution >= 4 is 28.2 Å². The Morgan fingerprint density at radius 1 is 1.40 bits per heavy atom. The number of hydrogen-bond donors (Lipinski definition) is 0. The van der Waals surface area contributed by atoms with E-state index < -0.39 is 10.7 Å². The number of fused-ring (bicyclic) bond motifs is 1. The van der Waals surface area contributed by atoms with Gasteiger partial charge in [-0.2, -0.15) is 0 Å². The summed E-state index contributed by atoms with van der Waals surface area (Å²) < 4.78 is 13.0. The highest BCUT2D eigenvalue weighted by atomic mass is 35.5. The van der Waals surface area contributed by atoms with Crippen molar-refractivity contribution in [3.63, 3.8) is 0 Å². The van der Waals surface area contributed by atoms with E-state index in [0.717, 1.165) is 12.1 Å². The number of nitro benzene ring substituents is 1. The van der Waals surface area contributed by atoms with Gasteiger partial charge in [-0.05, 0) is 12.1 Å². The second kappa shape index (κ2) is 3.43. The monoisotopic (exact) mass is 226 g/mol. The molecule has 0 saturated heterocycles. The number of nitrogens with zero attached hydrogens (tertiary/aromatic N) is 2. The number of rotatable bonds is 1. The molecule has 0 aliphatic rings. The number of halogens is 2. The van der Waals surface area contributed by atoms with Gasteiger partial charge < -0.3 is 0 Å². The summed E-state index contributed by atoms with van der Waals surface area (Å²) in [5, 5.41) is 11.2. The maximum absolute atomic E-state index is 13.0. The third kappa shape index (κ3) is 1.73. The first-order valence-electron chi connectivity index (χ1n) is 3.97. The van der Waals surface area contributed by atoms with Gasteiger partial charge in [-0.15, -0.1) is 0 Å². The number of aromatic nitrogens is 1. The van der Waals surface area contributed by atoms with E-state index in [4.69, 9.17) is 11.6 Å².